The molecule has 8 nitrogen and oxygen atoms in total. The van der Waals surface area contributed by atoms with Gasteiger partial charge in [0, 0.05) is 38.6 Å². The molecule has 0 aromatic carbocycles. The van der Waals surface area contributed by atoms with Crippen molar-refractivity contribution in [3.8, 4) is 0 Å². The van der Waals surface area contributed by atoms with Crippen molar-refractivity contribution in [2.75, 3.05) is 39.3 Å². The van der Waals surface area contributed by atoms with Crippen LogP contribution in [0.4, 0.5) is 4.79 Å². The summed E-state index contributed by atoms with van der Waals surface area (Å²) in [6.07, 6.45) is 3.07. The third-order valence-electron chi connectivity index (χ3n) is 5.82. The Balaban J connectivity index is 2.02. The van der Waals surface area contributed by atoms with E-state index in [0.29, 0.717) is 39.2 Å². The van der Waals surface area contributed by atoms with Crippen LogP contribution in [0.25, 0.3) is 0 Å². The smallest absolute Gasteiger partial charge is 0.410 e. The highest BCUT2D eigenvalue weighted by Crippen LogP contribution is 2.37. The zero-order chi connectivity index (χ0) is 22.4. The van der Waals surface area contributed by atoms with Crippen molar-refractivity contribution in [1.82, 2.24) is 15.1 Å². The summed E-state index contributed by atoms with van der Waals surface area (Å²) in [7, 11) is 0. The second-order valence-corrected chi connectivity index (χ2v) is 9.40. The molecule has 2 rings (SSSR count). The average molecular weight is 426 g/mol. The number of esters is 1. The normalized spacial score (nSPS) is 23.7. The Morgan fingerprint density at radius 1 is 1.10 bits per heavy atom. The van der Waals surface area contributed by atoms with Crippen molar-refractivity contribution >= 4 is 18.0 Å². The van der Waals surface area contributed by atoms with Crippen molar-refractivity contribution in [2.24, 2.45) is 5.41 Å². The summed E-state index contributed by atoms with van der Waals surface area (Å²) >= 11 is 0. The number of likely N-dealkylation sites (tertiary alicyclic amines) is 2. The van der Waals surface area contributed by atoms with Gasteiger partial charge in [-0.2, -0.15) is 0 Å². The molecule has 0 saturated carbocycles. The molecule has 0 radical (unpaired) electrons. The number of piperidine rings is 2. The summed E-state index contributed by atoms with van der Waals surface area (Å²) < 4.78 is 10.9. The Morgan fingerprint density at radius 2 is 1.77 bits per heavy atom. The maximum atomic E-state index is 12.9. The van der Waals surface area contributed by atoms with Gasteiger partial charge in [-0.15, -0.1) is 0 Å². The van der Waals surface area contributed by atoms with Gasteiger partial charge in [-0.3, -0.25) is 14.5 Å². The first-order chi connectivity index (χ1) is 14.1. The number of hydrogen-bond acceptors (Lipinski definition) is 6. The third-order valence-corrected chi connectivity index (χ3v) is 5.82. The molecule has 2 aliphatic rings. The van der Waals surface area contributed by atoms with Crippen molar-refractivity contribution in [3.05, 3.63) is 0 Å². The molecule has 2 heterocycles. The minimum absolute atomic E-state index is 0.104. The average Bonchev–Trinajstić information content (AvgIpc) is 2.67. The molecule has 1 atom stereocenters. The summed E-state index contributed by atoms with van der Waals surface area (Å²) in [5, 5.41) is 2.82. The fourth-order valence-electron chi connectivity index (χ4n) is 4.45. The number of rotatable bonds is 6. The first-order valence-electron chi connectivity index (χ1n) is 11.3. The topological polar surface area (TPSA) is 88.2 Å². The Morgan fingerprint density at radius 3 is 2.33 bits per heavy atom. The van der Waals surface area contributed by atoms with Crippen LogP contribution in [0.1, 0.15) is 66.7 Å². The van der Waals surface area contributed by atoms with Crippen molar-refractivity contribution in [3.63, 3.8) is 0 Å². The Hall–Kier alpha value is -1.83. The van der Waals surface area contributed by atoms with Gasteiger partial charge in [0.25, 0.3) is 0 Å². The lowest BCUT2D eigenvalue weighted by molar-refractivity contribution is -0.162. The summed E-state index contributed by atoms with van der Waals surface area (Å²) in [6.45, 7) is 12.8. The molecule has 2 fully saturated rings. The highest BCUT2D eigenvalue weighted by Gasteiger charge is 2.46. The van der Waals surface area contributed by atoms with Gasteiger partial charge >= 0.3 is 12.1 Å². The van der Waals surface area contributed by atoms with Crippen molar-refractivity contribution < 1.29 is 23.9 Å². The molecule has 8 heteroatoms. The number of amides is 2. The number of carbonyl (C=O) groups excluding carboxylic acids is 3. The summed E-state index contributed by atoms with van der Waals surface area (Å²) in [5.41, 5.74) is -1.30. The van der Waals surface area contributed by atoms with Gasteiger partial charge < -0.3 is 19.7 Å². The lowest BCUT2D eigenvalue weighted by Crippen LogP contribution is -2.56. The monoisotopic (exact) mass is 425 g/mol. The van der Waals surface area contributed by atoms with Crippen LogP contribution in [0.5, 0.6) is 0 Å². The minimum Gasteiger partial charge on any atom is -0.466 e. The van der Waals surface area contributed by atoms with Crippen LogP contribution >= 0.6 is 0 Å². The Kier molecular flexibility index (Phi) is 8.52. The lowest BCUT2D eigenvalue weighted by atomic mass is 9.76. The zero-order valence-electron chi connectivity index (χ0n) is 19.3. The van der Waals surface area contributed by atoms with Crippen LogP contribution < -0.4 is 5.32 Å². The molecule has 0 aliphatic carbocycles. The number of ether oxygens (including phenoxy) is 2. The molecule has 0 aromatic rings. The van der Waals surface area contributed by atoms with Gasteiger partial charge in [0.1, 0.15) is 5.60 Å². The first kappa shape index (κ1) is 24.4. The SMILES string of the molecule is CCNC(=O)CC1(C(=O)OCC)CCCN(C2CCN(C(=O)OC(C)(C)C)CC2)C1. The first-order valence-corrected chi connectivity index (χ1v) is 11.3. The van der Waals surface area contributed by atoms with E-state index in [1.54, 1.807) is 11.8 Å². The second-order valence-electron chi connectivity index (χ2n) is 9.40. The number of nitrogens with zero attached hydrogens (tertiary/aromatic N) is 2. The quantitative estimate of drug-likeness (QED) is 0.658. The Labute approximate surface area is 180 Å². The van der Waals surface area contributed by atoms with Gasteiger partial charge in [-0.05, 0) is 66.8 Å². The lowest BCUT2D eigenvalue weighted by Gasteiger charge is -2.46. The van der Waals surface area contributed by atoms with Gasteiger partial charge in [-0.1, -0.05) is 0 Å². The molecule has 2 aliphatic heterocycles. The predicted molar refractivity (Wildman–Crippen MR) is 114 cm³/mol. The van der Waals surface area contributed by atoms with Gasteiger partial charge in [0.05, 0.1) is 12.0 Å². The van der Waals surface area contributed by atoms with E-state index in [4.69, 9.17) is 9.47 Å². The van der Waals surface area contributed by atoms with E-state index >= 15 is 0 Å². The second kappa shape index (κ2) is 10.5. The molecule has 1 unspecified atom stereocenters. The molecule has 2 saturated heterocycles. The van der Waals surface area contributed by atoms with Crippen LogP contribution in [0, 0.1) is 5.41 Å². The van der Waals surface area contributed by atoms with E-state index in [1.807, 2.05) is 27.7 Å². The highest BCUT2D eigenvalue weighted by molar-refractivity contribution is 5.86. The molecule has 1 N–H and O–H groups in total. The zero-order valence-corrected chi connectivity index (χ0v) is 19.3. The molecule has 2 amide bonds. The maximum Gasteiger partial charge on any atom is 0.410 e. The molecule has 30 heavy (non-hydrogen) atoms. The predicted octanol–water partition coefficient (Wildman–Crippen LogP) is 2.56. The van der Waals surface area contributed by atoms with E-state index in [-0.39, 0.29) is 30.4 Å². The maximum absolute atomic E-state index is 12.9. The van der Waals surface area contributed by atoms with Gasteiger partial charge in [-0.25, -0.2) is 4.79 Å². The number of carbonyl (C=O) groups is 3. The van der Waals surface area contributed by atoms with Crippen LogP contribution in [-0.2, 0) is 19.1 Å². The van der Waals surface area contributed by atoms with Gasteiger partial charge in [0.2, 0.25) is 5.91 Å². The van der Waals surface area contributed by atoms with Crippen LogP contribution in [0.15, 0.2) is 0 Å². The standard InChI is InChI=1S/C22H39N3O5/c1-6-23-18(26)15-22(19(27)29-7-2)11-8-12-25(16-22)17-9-13-24(14-10-17)20(28)30-21(3,4)5/h17H,6-16H2,1-5H3,(H,23,26). The fourth-order valence-corrected chi connectivity index (χ4v) is 4.45. The molecule has 0 aromatic heterocycles. The van der Waals surface area contributed by atoms with Crippen LogP contribution in [-0.4, -0.2) is 78.7 Å². The van der Waals surface area contributed by atoms with E-state index in [2.05, 4.69) is 10.2 Å². The van der Waals surface area contributed by atoms with Crippen LogP contribution in [0.3, 0.4) is 0 Å². The summed E-state index contributed by atoms with van der Waals surface area (Å²) in [4.78, 5) is 41.6. The number of hydrogen-bond donors (Lipinski definition) is 1. The summed E-state index contributed by atoms with van der Waals surface area (Å²) in [5.74, 6) is -0.376. The van der Waals surface area contributed by atoms with Crippen molar-refractivity contribution in [2.45, 2.75) is 78.4 Å². The van der Waals surface area contributed by atoms with Crippen LogP contribution in [0.2, 0.25) is 0 Å². The van der Waals surface area contributed by atoms with E-state index in [1.165, 1.54) is 0 Å². The third kappa shape index (κ3) is 6.59. The van der Waals surface area contributed by atoms with E-state index in [9.17, 15) is 14.4 Å². The molecule has 0 bridgehead atoms. The molecular weight excluding hydrogens is 386 g/mol. The van der Waals surface area contributed by atoms with E-state index < -0.39 is 11.0 Å². The minimum atomic E-state index is -0.796. The van der Waals surface area contributed by atoms with E-state index in [0.717, 1.165) is 25.8 Å². The van der Waals surface area contributed by atoms with Gasteiger partial charge in [0.15, 0.2) is 0 Å². The molecule has 172 valence electrons. The van der Waals surface area contributed by atoms with Crippen molar-refractivity contribution in [1.29, 1.82) is 0 Å². The molecular formula is C22H39N3O5. The Bertz CT molecular complexity index is 610. The highest BCUT2D eigenvalue weighted by atomic mass is 16.6. The number of nitrogens with one attached hydrogen (secondary N) is 1. The fraction of sp³-hybridized carbons (Fsp3) is 0.864. The molecule has 0 spiro atoms. The largest absolute Gasteiger partial charge is 0.466 e. The summed E-state index contributed by atoms with van der Waals surface area (Å²) in [6, 6.07) is 0.284.